The summed E-state index contributed by atoms with van der Waals surface area (Å²) in [5, 5.41) is 17.4. The zero-order valence-electron chi connectivity index (χ0n) is 6.82. The molecule has 0 amide bonds. The first kappa shape index (κ1) is 9.29. The molecular formula is C8H9N3O2. The Balaban J connectivity index is 2.98. The highest BCUT2D eigenvalue weighted by Gasteiger charge is 2.07. The molecule has 0 unspecified atom stereocenters. The minimum absolute atomic E-state index is 0.144. The van der Waals surface area contributed by atoms with Gasteiger partial charge < -0.3 is 15.8 Å². The number of nitrogens with two attached hydrogens (primary N) is 1. The summed E-state index contributed by atoms with van der Waals surface area (Å²) in [5.74, 6) is -0.383. The number of hydrogen-bond donors (Lipinski definition) is 3. The predicted octanol–water partition coefficient (Wildman–Crippen LogP) is -0.00602. The van der Waals surface area contributed by atoms with E-state index in [1.807, 2.05) is 6.07 Å². The highest BCUT2D eigenvalue weighted by Crippen LogP contribution is 2.13. The lowest BCUT2D eigenvalue weighted by Crippen LogP contribution is -2.13. The standard InChI is InChI=1S/C8H9N3O2/c9-2-1-6(10)5-3-7(12)8(13)11-4-5/h3-4,6,12H,1,10H2,(H,11,13)/t6-/m1/s1. The Labute approximate surface area is 74.4 Å². The van der Waals surface area contributed by atoms with Crippen LogP contribution in [0.5, 0.6) is 5.75 Å². The molecule has 4 N–H and O–H groups in total. The van der Waals surface area contributed by atoms with Crippen LogP contribution in [0.4, 0.5) is 0 Å². The third-order valence-electron chi connectivity index (χ3n) is 1.65. The smallest absolute Gasteiger partial charge is 0.290 e. The fraction of sp³-hybridized carbons (Fsp3) is 0.250. The lowest BCUT2D eigenvalue weighted by molar-refractivity contribution is 0.464. The molecule has 0 aromatic carbocycles. The summed E-state index contributed by atoms with van der Waals surface area (Å²) in [6, 6.07) is 2.69. The van der Waals surface area contributed by atoms with Crippen molar-refractivity contribution in [3.8, 4) is 11.8 Å². The molecule has 0 radical (unpaired) electrons. The van der Waals surface area contributed by atoms with Crippen molar-refractivity contribution in [2.24, 2.45) is 5.73 Å². The van der Waals surface area contributed by atoms with E-state index in [1.54, 1.807) is 0 Å². The van der Waals surface area contributed by atoms with E-state index in [9.17, 15) is 4.79 Å². The number of nitrogens with zero attached hydrogens (tertiary/aromatic N) is 1. The van der Waals surface area contributed by atoms with Crippen LogP contribution in [0.1, 0.15) is 18.0 Å². The van der Waals surface area contributed by atoms with Gasteiger partial charge in [-0.2, -0.15) is 5.26 Å². The Morgan fingerprint density at radius 1 is 1.77 bits per heavy atom. The first-order valence-corrected chi connectivity index (χ1v) is 3.69. The minimum atomic E-state index is -0.562. The number of pyridine rings is 1. The summed E-state index contributed by atoms with van der Waals surface area (Å²) in [6.07, 6.45) is 1.54. The molecule has 0 aliphatic heterocycles. The van der Waals surface area contributed by atoms with Crippen LogP contribution in [0, 0.1) is 11.3 Å². The van der Waals surface area contributed by atoms with E-state index in [-0.39, 0.29) is 12.2 Å². The number of nitrogens with one attached hydrogen (secondary N) is 1. The van der Waals surface area contributed by atoms with Crippen molar-refractivity contribution >= 4 is 0 Å². The maximum Gasteiger partial charge on any atom is 0.290 e. The Morgan fingerprint density at radius 2 is 2.46 bits per heavy atom. The van der Waals surface area contributed by atoms with Gasteiger partial charge >= 0.3 is 0 Å². The van der Waals surface area contributed by atoms with Gasteiger partial charge in [0.1, 0.15) is 0 Å². The molecule has 1 heterocycles. The van der Waals surface area contributed by atoms with Crippen LogP contribution in [0.15, 0.2) is 17.1 Å². The SMILES string of the molecule is N#CC[C@@H](N)c1c[nH]c(=O)c(O)c1. The number of nitriles is 1. The van der Waals surface area contributed by atoms with Gasteiger partial charge in [-0.05, 0) is 11.6 Å². The summed E-state index contributed by atoms with van der Waals surface area (Å²) in [5.41, 5.74) is 5.55. The van der Waals surface area contributed by atoms with Gasteiger partial charge in [-0.3, -0.25) is 4.79 Å². The highest BCUT2D eigenvalue weighted by atomic mass is 16.3. The van der Waals surface area contributed by atoms with Crippen LogP contribution in [0.2, 0.25) is 0 Å². The minimum Gasteiger partial charge on any atom is -0.503 e. The van der Waals surface area contributed by atoms with Gasteiger partial charge in [0, 0.05) is 12.2 Å². The number of aromatic amines is 1. The zero-order valence-corrected chi connectivity index (χ0v) is 6.82. The molecule has 13 heavy (non-hydrogen) atoms. The third-order valence-corrected chi connectivity index (χ3v) is 1.65. The molecule has 1 aromatic heterocycles. The van der Waals surface area contributed by atoms with Crippen molar-refractivity contribution in [1.82, 2.24) is 4.98 Å². The summed E-state index contributed by atoms with van der Waals surface area (Å²) < 4.78 is 0. The molecule has 1 aromatic rings. The van der Waals surface area contributed by atoms with Gasteiger partial charge in [0.15, 0.2) is 5.75 Å². The molecular weight excluding hydrogens is 170 g/mol. The molecule has 0 aliphatic carbocycles. The molecule has 1 rings (SSSR count). The van der Waals surface area contributed by atoms with E-state index in [4.69, 9.17) is 16.1 Å². The maximum atomic E-state index is 10.7. The fourth-order valence-electron chi connectivity index (χ4n) is 0.918. The van der Waals surface area contributed by atoms with E-state index in [0.29, 0.717) is 5.56 Å². The van der Waals surface area contributed by atoms with Gasteiger partial charge in [-0.25, -0.2) is 0 Å². The normalized spacial score (nSPS) is 12.0. The van der Waals surface area contributed by atoms with Crippen molar-refractivity contribution < 1.29 is 5.11 Å². The number of aromatic nitrogens is 1. The third kappa shape index (κ3) is 2.07. The van der Waals surface area contributed by atoms with Crippen LogP contribution in [-0.4, -0.2) is 10.1 Å². The average Bonchev–Trinajstić information content (AvgIpc) is 2.10. The molecule has 1 atom stereocenters. The molecule has 0 saturated carbocycles. The molecule has 5 nitrogen and oxygen atoms in total. The molecule has 0 spiro atoms. The number of aromatic hydroxyl groups is 1. The molecule has 68 valence electrons. The van der Waals surface area contributed by atoms with Gasteiger partial charge in [-0.1, -0.05) is 0 Å². The zero-order chi connectivity index (χ0) is 9.84. The van der Waals surface area contributed by atoms with E-state index >= 15 is 0 Å². The summed E-state index contributed by atoms with van der Waals surface area (Å²) >= 11 is 0. The lowest BCUT2D eigenvalue weighted by Gasteiger charge is -2.06. The molecule has 0 fully saturated rings. The van der Waals surface area contributed by atoms with Crippen LogP contribution in [0.25, 0.3) is 0 Å². The van der Waals surface area contributed by atoms with Crippen molar-refractivity contribution in [2.45, 2.75) is 12.5 Å². The maximum absolute atomic E-state index is 10.7. The van der Waals surface area contributed by atoms with Crippen LogP contribution < -0.4 is 11.3 Å². The van der Waals surface area contributed by atoms with Gasteiger partial charge in [-0.15, -0.1) is 0 Å². The average molecular weight is 179 g/mol. The van der Waals surface area contributed by atoms with E-state index in [2.05, 4.69) is 4.98 Å². The molecule has 0 aliphatic rings. The van der Waals surface area contributed by atoms with Crippen LogP contribution in [0.3, 0.4) is 0 Å². The monoisotopic (exact) mass is 179 g/mol. The number of H-pyrrole nitrogens is 1. The van der Waals surface area contributed by atoms with Gasteiger partial charge in [0.05, 0.1) is 12.5 Å². The second-order valence-electron chi connectivity index (χ2n) is 2.62. The first-order valence-electron chi connectivity index (χ1n) is 3.69. The number of hydrogen-bond acceptors (Lipinski definition) is 4. The highest BCUT2D eigenvalue weighted by molar-refractivity contribution is 5.25. The second kappa shape index (κ2) is 3.74. The van der Waals surface area contributed by atoms with E-state index < -0.39 is 11.6 Å². The second-order valence-corrected chi connectivity index (χ2v) is 2.62. The van der Waals surface area contributed by atoms with Crippen molar-refractivity contribution in [1.29, 1.82) is 5.26 Å². The summed E-state index contributed by atoms with van der Waals surface area (Å²) in [4.78, 5) is 13.1. The largest absolute Gasteiger partial charge is 0.503 e. The quantitative estimate of drug-likeness (QED) is 0.594. The first-order chi connectivity index (χ1) is 6.15. The summed E-state index contributed by atoms with van der Waals surface area (Å²) in [6.45, 7) is 0. The van der Waals surface area contributed by atoms with Gasteiger partial charge in [0.2, 0.25) is 0 Å². The fourth-order valence-corrected chi connectivity index (χ4v) is 0.918. The van der Waals surface area contributed by atoms with E-state index in [1.165, 1.54) is 12.3 Å². The number of rotatable bonds is 2. The van der Waals surface area contributed by atoms with Gasteiger partial charge in [0.25, 0.3) is 5.56 Å². The van der Waals surface area contributed by atoms with Crippen molar-refractivity contribution in [3.05, 3.63) is 28.2 Å². The Kier molecular flexibility index (Phi) is 2.67. The summed E-state index contributed by atoms with van der Waals surface area (Å²) in [7, 11) is 0. The molecule has 0 saturated heterocycles. The molecule has 5 heteroatoms. The van der Waals surface area contributed by atoms with Crippen LogP contribution >= 0.6 is 0 Å². The lowest BCUT2D eigenvalue weighted by atomic mass is 10.1. The molecule has 0 bridgehead atoms. The Hall–Kier alpha value is -1.80. The van der Waals surface area contributed by atoms with Crippen molar-refractivity contribution in [3.63, 3.8) is 0 Å². The van der Waals surface area contributed by atoms with E-state index in [0.717, 1.165) is 0 Å². The Bertz CT molecular complexity index is 391. The predicted molar refractivity (Wildman–Crippen MR) is 45.9 cm³/mol. The Morgan fingerprint density at radius 3 is 3.00 bits per heavy atom. The van der Waals surface area contributed by atoms with Crippen LogP contribution in [-0.2, 0) is 0 Å². The van der Waals surface area contributed by atoms with Crippen molar-refractivity contribution in [2.75, 3.05) is 0 Å². The topological polar surface area (TPSA) is 103 Å².